The Morgan fingerprint density at radius 3 is 2.42 bits per heavy atom. The number of para-hydroxylation sites is 1. The van der Waals surface area contributed by atoms with Gasteiger partial charge in [-0.25, -0.2) is 0 Å². The van der Waals surface area contributed by atoms with Gasteiger partial charge >= 0.3 is 0 Å². The van der Waals surface area contributed by atoms with Crippen LogP contribution in [0, 0.1) is 13.8 Å². The van der Waals surface area contributed by atoms with Gasteiger partial charge in [0.15, 0.2) is 0 Å². The first-order valence-electron chi connectivity index (χ1n) is 7.48. The summed E-state index contributed by atoms with van der Waals surface area (Å²) in [6, 6.07) is 14.0. The number of ether oxygens (including phenoxy) is 2. The van der Waals surface area contributed by atoms with E-state index < -0.39 is 0 Å². The van der Waals surface area contributed by atoms with E-state index in [9.17, 15) is 0 Å². The third kappa shape index (κ3) is 3.39. The summed E-state index contributed by atoms with van der Waals surface area (Å²) in [5.41, 5.74) is 5.06. The third-order valence-electron chi connectivity index (χ3n) is 3.85. The molecule has 1 N–H and O–H groups in total. The van der Waals surface area contributed by atoms with Gasteiger partial charge in [-0.15, -0.1) is 0 Å². The van der Waals surface area contributed by atoms with E-state index >= 15 is 0 Å². The average molecular weight is 344 g/mol. The van der Waals surface area contributed by atoms with Crippen LogP contribution in [-0.2, 0) is 0 Å². The molecule has 24 heavy (non-hydrogen) atoms. The van der Waals surface area contributed by atoms with Crippen molar-refractivity contribution in [1.82, 2.24) is 4.98 Å². The molecule has 0 aliphatic rings. The molecule has 3 aromatic rings. The van der Waals surface area contributed by atoms with Crippen molar-refractivity contribution in [3.8, 4) is 11.5 Å². The first-order chi connectivity index (χ1) is 11.1. The molecular weight excluding hydrogens is 324 g/mol. The van der Waals surface area contributed by atoms with Gasteiger partial charge in [-0.2, -0.15) is 0 Å². The number of anilines is 2. The van der Waals surface area contributed by atoms with Gasteiger partial charge in [0.2, 0.25) is 0 Å². The average Bonchev–Trinajstić information content (AvgIpc) is 2.56. The molecule has 3 rings (SSSR count). The summed E-state index contributed by atoms with van der Waals surface area (Å²) in [4.78, 5) is 4.66. The topological polar surface area (TPSA) is 43.4 Å². The summed E-state index contributed by atoms with van der Waals surface area (Å²) in [5, 5.41) is 4.56. The number of pyridine rings is 1. The molecule has 1 heterocycles. The van der Waals surface area contributed by atoms with E-state index in [4.69, 9.17) is 9.47 Å². The lowest BCUT2D eigenvalue weighted by Crippen LogP contribution is -3.00. The highest BCUT2D eigenvalue weighted by atomic mass is 35.5. The molecule has 0 atom stereocenters. The fourth-order valence-electron chi connectivity index (χ4n) is 2.67. The van der Waals surface area contributed by atoms with Crippen LogP contribution >= 0.6 is 0 Å². The molecule has 0 fully saturated rings. The van der Waals surface area contributed by atoms with E-state index in [-0.39, 0.29) is 12.4 Å². The molecule has 0 unspecified atom stereocenters. The second-order valence-corrected chi connectivity index (χ2v) is 5.47. The molecular formula is C19H20ClN2O2-. The second kappa shape index (κ2) is 7.41. The molecule has 1 aromatic heterocycles. The Morgan fingerprint density at radius 1 is 0.917 bits per heavy atom. The van der Waals surface area contributed by atoms with Crippen molar-refractivity contribution in [3.05, 3.63) is 53.7 Å². The minimum absolute atomic E-state index is 0. The summed E-state index contributed by atoms with van der Waals surface area (Å²) in [6.45, 7) is 4.08. The Hall–Kier alpha value is -2.46. The molecule has 2 aromatic carbocycles. The summed E-state index contributed by atoms with van der Waals surface area (Å²) < 4.78 is 10.7. The van der Waals surface area contributed by atoms with E-state index in [0.29, 0.717) is 0 Å². The first kappa shape index (κ1) is 17.9. The van der Waals surface area contributed by atoms with Crippen LogP contribution in [0.5, 0.6) is 11.5 Å². The van der Waals surface area contributed by atoms with Gasteiger partial charge < -0.3 is 27.2 Å². The zero-order chi connectivity index (χ0) is 16.4. The summed E-state index contributed by atoms with van der Waals surface area (Å²) >= 11 is 0. The van der Waals surface area contributed by atoms with Gasteiger partial charge in [0.1, 0.15) is 11.5 Å². The minimum atomic E-state index is 0. The van der Waals surface area contributed by atoms with Gasteiger partial charge in [0.05, 0.1) is 25.4 Å². The van der Waals surface area contributed by atoms with Gasteiger partial charge in [0.25, 0.3) is 0 Å². The van der Waals surface area contributed by atoms with Crippen LogP contribution in [0.4, 0.5) is 11.4 Å². The zero-order valence-corrected chi connectivity index (χ0v) is 14.9. The molecule has 0 spiro atoms. The number of fused-ring (bicyclic) bond motifs is 1. The van der Waals surface area contributed by atoms with E-state index in [0.717, 1.165) is 45.0 Å². The molecule has 0 radical (unpaired) electrons. The fourth-order valence-corrected chi connectivity index (χ4v) is 2.67. The van der Waals surface area contributed by atoms with Crippen molar-refractivity contribution in [1.29, 1.82) is 0 Å². The molecule has 0 amide bonds. The van der Waals surface area contributed by atoms with Crippen molar-refractivity contribution in [2.75, 3.05) is 19.5 Å². The standard InChI is InChI=1S/C19H20N2O2.ClH/c1-12-6-5-7-15-17(10-13(2)20-19(12)15)21-16-9-8-14(22-3)11-18(16)23-4;/h5-11H,1-4H3,(H,20,21);1H/p-1. The first-order valence-corrected chi connectivity index (χ1v) is 7.48. The van der Waals surface area contributed by atoms with Crippen LogP contribution < -0.4 is 27.2 Å². The van der Waals surface area contributed by atoms with Crippen molar-refractivity contribution >= 4 is 22.3 Å². The molecule has 0 saturated heterocycles. The highest BCUT2D eigenvalue weighted by Crippen LogP contribution is 2.34. The Kier molecular flexibility index (Phi) is 5.52. The zero-order valence-electron chi connectivity index (χ0n) is 14.2. The van der Waals surface area contributed by atoms with Crippen LogP contribution in [0.1, 0.15) is 11.3 Å². The SMILES string of the molecule is COc1ccc(Nc2cc(C)nc3c(C)cccc23)c(OC)c1.[Cl-]. The lowest BCUT2D eigenvalue weighted by Gasteiger charge is -2.15. The van der Waals surface area contributed by atoms with E-state index in [1.165, 1.54) is 0 Å². The predicted octanol–water partition coefficient (Wildman–Crippen LogP) is 1.62. The number of aryl methyl sites for hydroxylation is 2. The van der Waals surface area contributed by atoms with Crippen LogP contribution in [-0.4, -0.2) is 19.2 Å². The number of nitrogens with zero attached hydrogens (tertiary/aromatic N) is 1. The molecule has 0 aliphatic carbocycles. The normalized spacial score (nSPS) is 10.2. The van der Waals surface area contributed by atoms with Gasteiger partial charge in [0, 0.05) is 22.8 Å². The highest BCUT2D eigenvalue weighted by Gasteiger charge is 2.10. The second-order valence-electron chi connectivity index (χ2n) is 5.47. The maximum Gasteiger partial charge on any atom is 0.145 e. The minimum Gasteiger partial charge on any atom is -1.00 e. The maximum absolute atomic E-state index is 5.47. The molecule has 5 heteroatoms. The summed E-state index contributed by atoms with van der Waals surface area (Å²) in [5.74, 6) is 1.50. The molecule has 0 saturated carbocycles. The Bertz CT molecular complexity index is 865. The summed E-state index contributed by atoms with van der Waals surface area (Å²) in [7, 11) is 3.30. The van der Waals surface area contributed by atoms with Gasteiger partial charge in [-0.1, -0.05) is 18.2 Å². The number of hydrogen-bond acceptors (Lipinski definition) is 4. The van der Waals surface area contributed by atoms with Crippen molar-refractivity contribution in [3.63, 3.8) is 0 Å². The lowest BCUT2D eigenvalue weighted by atomic mass is 10.1. The molecule has 4 nitrogen and oxygen atoms in total. The lowest BCUT2D eigenvalue weighted by molar-refractivity contribution is -0.00000542. The quantitative estimate of drug-likeness (QED) is 0.781. The molecule has 126 valence electrons. The van der Waals surface area contributed by atoms with Crippen LogP contribution in [0.3, 0.4) is 0 Å². The van der Waals surface area contributed by atoms with Crippen molar-refractivity contribution in [2.24, 2.45) is 0 Å². The van der Waals surface area contributed by atoms with E-state index in [1.54, 1.807) is 14.2 Å². The monoisotopic (exact) mass is 343 g/mol. The Morgan fingerprint density at radius 2 is 1.71 bits per heavy atom. The van der Waals surface area contributed by atoms with Crippen molar-refractivity contribution < 1.29 is 21.9 Å². The van der Waals surface area contributed by atoms with E-state index in [1.807, 2.05) is 37.3 Å². The highest BCUT2D eigenvalue weighted by molar-refractivity contribution is 5.95. The predicted molar refractivity (Wildman–Crippen MR) is 94.0 cm³/mol. The maximum atomic E-state index is 5.47. The third-order valence-corrected chi connectivity index (χ3v) is 3.85. The Balaban J connectivity index is 0.00000208. The molecule has 0 aliphatic heterocycles. The van der Waals surface area contributed by atoms with Gasteiger partial charge in [-0.05, 0) is 37.6 Å². The molecule has 0 bridgehead atoms. The number of halogens is 1. The van der Waals surface area contributed by atoms with Crippen LogP contribution in [0.2, 0.25) is 0 Å². The van der Waals surface area contributed by atoms with E-state index in [2.05, 4.69) is 29.4 Å². The number of nitrogens with one attached hydrogen (secondary N) is 1. The number of hydrogen-bond donors (Lipinski definition) is 1. The smallest absolute Gasteiger partial charge is 0.145 e. The fraction of sp³-hybridized carbons (Fsp3) is 0.211. The van der Waals surface area contributed by atoms with Gasteiger partial charge in [-0.3, -0.25) is 4.98 Å². The Labute approximate surface area is 148 Å². The number of aromatic nitrogens is 1. The largest absolute Gasteiger partial charge is 1.00 e. The van der Waals surface area contributed by atoms with Crippen LogP contribution in [0.25, 0.3) is 10.9 Å². The number of rotatable bonds is 4. The summed E-state index contributed by atoms with van der Waals surface area (Å²) in [6.07, 6.45) is 0. The van der Waals surface area contributed by atoms with Crippen molar-refractivity contribution in [2.45, 2.75) is 13.8 Å². The van der Waals surface area contributed by atoms with Crippen LogP contribution in [0.15, 0.2) is 42.5 Å². The number of methoxy groups -OCH3 is 2. The number of benzene rings is 2.